The number of carbonyl (C=O) groups excluding carboxylic acids is 1. The van der Waals surface area contributed by atoms with E-state index in [1.54, 1.807) is 11.6 Å². The Labute approximate surface area is 115 Å². The second-order valence-corrected chi connectivity index (χ2v) is 5.30. The molecule has 18 heavy (non-hydrogen) atoms. The van der Waals surface area contributed by atoms with E-state index in [0.29, 0.717) is 22.9 Å². The molecule has 1 aromatic rings. The summed E-state index contributed by atoms with van der Waals surface area (Å²) >= 11 is 3.33. The first-order valence-corrected chi connectivity index (χ1v) is 7.15. The van der Waals surface area contributed by atoms with E-state index in [1.807, 2.05) is 0 Å². The summed E-state index contributed by atoms with van der Waals surface area (Å²) in [5.74, 6) is 0.0931. The Morgan fingerprint density at radius 1 is 1.50 bits per heavy atom. The summed E-state index contributed by atoms with van der Waals surface area (Å²) in [7, 11) is 0. The third kappa shape index (κ3) is 2.53. The van der Waals surface area contributed by atoms with E-state index in [-0.39, 0.29) is 5.69 Å². The minimum atomic E-state index is -0.425. The Morgan fingerprint density at radius 3 is 2.78 bits per heavy atom. The number of nitrogens with two attached hydrogens (primary N) is 1. The van der Waals surface area contributed by atoms with Crippen LogP contribution in [0.2, 0.25) is 0 Å². The van der Waals surface area contributed by atoms with Crippen LogP contribution in [0.15, 0.2) is 4.47 Å². The van der Waals surface area contributed by atoms with E-state index < -0.39 is 5.97 Å². The molecule has 0 unspecified atom stereocenters. The van der Waals surface area contributed by atoms with Crippen LogP contribution >= 0.6 is 15.9 Å². The van der Waals surface area contributed by atoms with E-state index in [1.165, 1.54) is 19.3 Å². The third-order valence-electron chi connectivity index (χ3n) is 3.28. The largest absolute Gasteiger partial charge is 0.461 e. The molecule has 0 saturated heterocycles. The number of halogens is 1. The number of nitrogen functional groups attached to an aromatic ring is 1. The van der Waals surface area contributed by atoms with Crippen molar-refractivity contribution >= 4 is 27.7 Å². The van der Waals surface area contributed by atoms with E-state index in [4.69, 9.17) is 10.5 Å². The van der Waals surface area contributed by atoms with Gasteiger partial charge in [0.05, 0.1) is 17.1 Å². The summed E-state index contributed by atoms with van der Waals surface area (Å²) in [4.78, 5) is 11.7. The molecular formula is C12H18BrN3O2. The fourth-order valence-corrected chi connectivity index (χ4v) is 2.78. The van der Waals surface area contributed by atoms with Crippen molar-refractivity contribution < 1.29 is 9.53 Å². The molecule has 1 fully saturated rings. The Morgan fingerprint density at radius 2 is 2.17 bits per heavy atom. The monoisotopic (exact) mass is 315 g/mol. The number of ether oxygens (including phenoxy) is 1. The van der Waals surface area contributed by atoms with Crippen molar-refractivity contribution in [1.82, 2.24) is 9.78 Å². The van der Waals surface area contributed by atoms with Gasteiger partial charge < -0.3 is 10.5 Å². The Balaban J connectivity index is 2.26. The Hall–Kier alpha value is -1.04. The van der Waals surface area contributed by atoms with Crippen LogP contribution in [0.3, 0.4) is 0 Å². The minimum absolute atomic E-state index is 0.278. The summed E-state index contributed by atoms with van der Waals surface area (Å²) in [6.07, 6.45) is 5.79. The van der Waals surface area contributed by atoms with E-state index in [2.05, 4.69) is 21.0 Å². The number of esters is 1. The summed E-state index contributed by atoms with van der Waals surface area (Å²) in [6, 6.07) is 0.304. The van der Waals surface area contributed by atoms with Crippen LogP contribution in [0.4, 0.5) is 5.82 Å². The Bertz CT molecular complexity index is 439. The molecule has 0 spiro atoms. The molecule has 0 radical (unpaired) electrons. The fourth-order valence-electron chi connectivity index (χ4n) is 2.36. The van der Waals surface area contributed by atoms with Crippen molar-refractivity contribution in [2.75, 3.05) is 12.3 Å². The molecule has 2 N–H and O–H groups in total. The van der Waals surface area contributed by atoms with Crippen LogP contribution in [0, 0.1) is 0 Å². The van der Waals surface area contributed by atoms with Gasteiger partial charge in [0.2, 0.25) is 0 Å². The summed E-state index contributed by atoms with van der Waals surface area (Å²) in [5, 5.41) is 4.32. The number of carbonyl (C=O) groups is 1. The van der Waals surface area contributed by atoms with Crippen LogP contribution in [0.5, 0.6) is 0 Å². The maximum absolute atomic E-state index is 11.7. The molecule has 0 aliphatic heterocycles. The van der Waals surface area contributed by atoms with Gasteiger partial charge in [0.1, 0.15) is 5.82 Å². The number of hydrogen-bond acceptors (Lipinski definition) is 4. The van der Waals surface area contributed by atoms with Gasteiger partial charge >= 0.3 is 5.97 Å². The maximum atomic E-state index is 11.7. The van der Waals surface area contributed by atoms with Gasteiger partial charge in [-0.05, 0) is 35.7 Å². The number of anilines is 1. The number of nitrogens with zero attached hydrogens (tertiary/aromatic N) is 2. The molecule has 1 aromatic heterocycles. The summed E-state index contributed by atoms with van der Waals surface area (Å²) < 4.78 is 7.29. The van der Waals surface area contributed by atoms with Gasteiger partial charge in [-0.25, -0.2) is 9.48 Å². The van der Waals surface area contributed by atoms with Gasteiger partial charge in [-0.1, -0.05) is 19.3 Å². The molecular weight excluding hydrogens is 298 g/mol. The molecule has 1 heterocycles. The van der Waals surface area contributed by atoms with Crippen molar-refractivity contribution in [2.45, 2.75) is 45.1 Å². The predicted molar refractivity (Wildman–Crippen MR) is 72.4 cm³/mol. The van der Waals surface area contributed by atoms with E-state index in [9.17, 15) is 4.79 Å². The quantitative estimate of drug-likeness (QED) is 0.871. The normalized spacial score (nSPS) is 16.8. The van der Waals surface area contributed by atoms with Crippen LogP contribution in [-0.4, -0.2) is 22.4 Å². The molecule has 0 amide bonds. The number of aromatic nitrogens is 2. The van der Waals surface area contributed by atoms with E-state index >= 15 is 0 Å². The topological polar surface area (TPSA) is 70.1 Å². The lowest BCUT2D eigenvalue weighted by atomic mass is 9.96. The molecule has 1 saturated carbocycles. The average molecular weight is 316 g/mol. The van der Waals surface area contributed by atoms with Crippen molar-refractivity contribution in [3.63, 3.8) is 0 Å². The molecule has 5 nitrogen and oxygen atoms in total. The zero-order valence-corrected chi connectivity index (χ0v) is 12.1. The van der Waals surface area contributed by atoms with Crippen LogP contribution < -0.4 is 5.73 Å². The molecule has 2 rings (SSSR count). The molecule has 6 heteroatoms. The minimum Gasteiger partial charge on any atom is -0.461 e. The first-order chi connectivity index (χ1) is 8.65. The molecule has 0 aromatic carbocycles. The smallest absolute Gasteiger partial charge is 0.360 e. The van der Waals surface area contributed by atoms with Crippen LogP contribution in [-0.2, 0) is 4.74 Å². The number of hydrogen-bond donors (Lipinski definition) is 1. The summed E-state index contributed by atoms with van der Waals surface area (Å²) in [6.45, 7) is 2.11. The average Bonchev–Trinajstić information content (AvgIpc) is 2.68. The Kier molecular flexibility index (Phi) is 4.27. The predicted octanol–water partition coefficient (Wildman–Crippen LogP) is 2.91. The number of rotatable bonds is 3. The second-order valence-electron chi connectivity index (χ2n) is 4.50. The zero-order valence-electron chi connectivity index (χ0n) is 10.5. The lowest BCUT2D eigenvalue weighted by Gasteiger charge is -2.22. The first-order valence-electron chi connectivity index (χ1n) is 6.35. The standard InChI is InChI=1S/C12H18BrN3O2/c1-2-18-12(17)10-9(13)11(14)16(15-10)8-6-4-3-5-7-8/h8H,2-7,14H2,1H3. The third-order valence-corrected chi connectivity index (χ3v) is 4.06. The maximum Gasteiger partial charge on any atom is 0.360 e. The van der Waals surface area contributed by atoms with Crippen molar-refractivity contribution in [2.24, 2.45) is 0 Å². The van der Waals surface area contributed by atoms with Gasteiger partial charge in [0, 0.05) is 0 Å². The SMILES string of the molecule is CCOC(=O)c1nn(C2CCCCC2)c(N)c1Br. The van der Waals surface area contributed by atoms with Crippen LogP contribution in [0.25, 0.3) is 0 Å². The van der Waals surface area contributed by atoms with Crippen LogP contribution in [0.1, 0.15) is 55.6 Å². The molecule has 0 bridgehead atoms. The highest BCUT2D eigenvalue weighted by Gasteiger charge is 2.25. The molecule has 100 valence electrons. The lowest BCUT2D eigenvalue weighted by Crippen LogP contribution is -2.16. The van der Waals surface area contributed by atoms with Gasteiger partial charge in [-0.2, -0.15) is 5.10 Å². The molecule has 1 aliphatic rings. The first kappa shape index (κ1) is 13.4. The van der Waals surface area contributed by atoms with Gasteiger partial charge in [-0.15, -0.1) is 0 Å². The zero-order chi connectivity index (χ0) is 13.1. The molecule has 0 atom stereocenters. The van der Waals surface area contributed by atoms with Gasteiger partial charge in [0.15, 0.2) is 5.69 Å². The van der Waals surface area contributed by atoms with Crippen molar-refractivity contribution in [1.29, 1.82) is 0 Å². The second kappa shape index (κ2) is 5.73. The van der Waals surface area contributed by atoms with Crippen molar-refractivity contribution in [3.05, 3.63) is 10.2 Å². The van der Waals surface area contributed by atoms with E-state index in [0.717, 1.165) is 12.8 Å². The highest BCUT2D eigenvalue weighted by Crippen LogP contribution is 2.33. The summed E-state index contributed by atoms with van der Waals surface area (Å²) in [5.41, 5.74) is 6.29. The highest BCUT2D eigenvalue weighted by molar-refractivity contribution is 9.10. The lowest BCUT2D eigenvalue weighted by molar-refractivity contribution is 0.0517. The van der Waals surface area contributed by atoms with Crippen molar-refractivity contribution in [3.8, 4) is 0 Å². The van der Waals surface area contributed by atoms with Gasteiger partial charge in [-0.3, -0.25) is 0 Å². The fraction of sp³-hybridized carbons (Fsp3) is 0.667. The van der Waals surface area contributed by atoms with Gasteiger partial charge in [0.25, 0.3) is 0 Å². The highest BCUT2D eigenvalue weighted by atomic mass is 79.9. The molecule has 1 aliphatic carbocycles.